The number of nitrogens with one attached hydrogen (secondary N) is 1. The van der Waals surface area contributed by atoms with Crippen molar-refractivity contribution in [1.29, 1.82) is 0 Å². The topological polar surface area (TPSA) is 48.5 Å². The first-order valence-electron chi connectivity index (χ1n) is 8.93. The molecule has 1 saturated heterocycles. The summed E-state index contributed by atoms with van der Waals surface area (Å²) >= 11 is 0. The van der Waals surface area contributed by atoms with E-state index in [9.17, 15) is 4.79 Å². The molecule has 1 fully saturated rings. The summed E-state index contributed by atoms with van der Waals surface area (Å²) in [6, 6.07) is 11.9. The molecule has 0 aliphatic carbocycles. The Morgan fingerprint density at radius 1 is 1.12 bits per heavy atom. The number of carbonyl (C=O) groups excluding carboxylic acids is 1. The maximum absolute atomic E-state index is 12.3. The minimum absolute atomic E-state index is 0.134. The fourth-order valence-electron chi connectivity index (χ4n) is 3.10. The van der Waals surface area contributed by atoms with Gasteiger partial charge in [-0.2, -0.15) is 0 Å². The molecule has 1 aliphatic heterocycles. The van der Waals surface area contributed by atoms with E-state index in [1.54, 1.807) is 0 Å². The number of hydrogen-bond acceptors (Lipinski definition) is 4. The highest BCUT2D eigenvalue weighted by Crippen LogP contribution is 2.15. The highest BCUT2D eigenvalue weighted by atomic mass is 16.1. The van der Waals surface area contributed by atoms with E-state index < -0.39 is 0 Å². The van der Waals surface area contributed by atoms with E-state index in [4.69, 9.17) is 0 Å². The van der Waals surface area contributed by atoms with Crippen LogP contribution in [0.25, 0.3) is 0 Å². The number of rotatable bonds is 5. The average molecular weight is 338 g/mol. The first kappa shape index (κ1) is 17.4. The molecule has 0 atom stereocenters. The van der Waals surface area contributed by atoms with Crippen LogP contribution in [0.1, 0.15) is 28.5 Å². The molecular formula is C20H26N4O. The molecule has 3 rings (SSSR count). The number of anilines is 1. The SMILES string of the molecule is CCN1CCN(c2ccc(C(=O)NCc3ccccc3C)nc2)CC1. The summed E-state index contributed by atoms with van der Waals surface area (Å²) in [4.78, 5) is 21.4. The first-order chi connectivity index (χ1) is 12.2. The van der Waals surface area contributed by atoms with Crippen LogP contribution in [0.4, 0.5) is 5.69 Å². The largest absolute Gasteiger partial charge is 0.368 e. The Hall–Kier alpha value is -2.40. The van der Waals surface area contributed by atoms with Crippen molar-refractivity contribution in [2.45, 2.75) is 20.4 Å². The number of carbonyl (C=O) groups is 1. The molecular weight excluding hydrogens is 312 g/mol. The predicted molar refractivity (Wildman–Crippen MR) is 101 cm³/mol. The van der Waals surface area contributed by atoms with Gasteiger partial charge in [0.25, 0.3) is 5.91 Å². The zero-order chi connectivity index (χ0) is 17.6. The van der Waals surface area contributed by atoms with E-state index in [-0.39, 0.29) is 5.91 Å². The third-order valence-corrected chi connectivity index (χ3v) is 4.87. The molecule has 1 amide bonds. The van der Waals surface area contributed by atoms with E-state index >= 15 is 0 Å². The third kappa shape index (κ3) is 4.37. The van der Waals surface area contributed by atoms with Gasteiger partial charge in [-0.15, -0.1) is 0 Å². The number of pyridine rings is 1. The van der Waals surface area contributed by atoms with Gasteiger partial charge in [0.2, 0.25) is 0 Å². The van der Waals surface area contributed by atoms with Crippen molar-refractivity contribution in [3.63, 3.8) is 0 Å². The number of amides is 1. The summed E-state index contributed by atoms with van der Waals surface area (Å²) in [5, 5.41) is 2.95. The zero-order valence-electron chi connectivity index (χ0n) is 15.0. The van der Waals surface area contributed by atoms with Crippen LogP contribution in [0.3, 0.4) is 0 Å². The zero-order valence-corrected chi connectivity index (χ0v) is 15.0. The van der Waals surface area contributed by atoms with Gasteiger partial charge in [0.05, 0.1) is 11.9 Å². The first-order valence-corrected chi connectivity index (χ1v) is 8.93. The average Bonchev–Trinajstić information content (AvgIpc) is 2.67. The van der Waals surface area contributed by atoms with Gasteiger partial charge in [-0.25, -0.2) is 4.98 Å². The smallest absolute Gasteiger partial charge is 0.270 e. The van der Waals surface area contributed by atoms with Crippen molar-refractivity contribution in [2.75, 3.05) is 37.6 Å². The van der Waals surface area contributed by atoms with Crippen LogP contribution in [0, 0.1) is 6.92 Å². The van der Waals surface area contributed by atoms with Crippen molar-refractivity contribution >= 4 is 11.6 Å². The van der Waals surface area contributed by atoms with Crippen LogP contribution in [-0.4, -0.2) is 48.5 Å². The number of benzene rings is 1. The van der Waals surface area contributed by atoms with Gasteiger partial charge in [0.15, 0.2) is 0 Å². The molecule has 1 aromatic heterocycles. The van der Waals surface area contributed by atoms with Gasteiger partial charge in [-0.1, -0.05) is 31.2 Å². The molecule has 5 nitrogen and oxygen atoms in total. The second-order valence-corrected chi connectivity index (χ2v) is 6.43. The molecule has 0 saturated carbocycles. The van der Waals surface area contributed by atoms with E-state index in [2.05, 4.69) is 27.0 Å². The summed E-state index contributed by atoms with van der Waals surface area (Å²) < 4.78 is 0. The van der Waals surface area contributed by atoms with Crippen LogP contribution >= 0.6 is 0 Å². The fraction of sp³-hybridized carbons (Fsp3) is 0.400. The van der Waals surface area contributed by atoms with Crippen molar-refractivity contribution in [3.8, 4) is 0 Å². The quantitative estimate of drug-likeness (QED) is 0.910. The fourth-order valence-corrected chi connectivity index (χ4v) is 3.10. The second-order valence-electron chi connectivity index (χ2n) is 6.43. The molecule has 0 unspecified atom stereocenters. The second kappa shape index (κ2) is 8.12. The molecule has 5 heteroatoms. The van der Waals surface area contributed by atoms with E-state index in [1.807, 2.05) is 49.5 Å². The summed E-state index contributed by atoms with van der Waals surface area (Å²) in [6.07, 6.45) is 1.81. The number of aryl methyl sites for hydroxylation is 1. The predicted octanol–water partition coefficient (Wildman–Crippen LogP) is 2.46. The molecule has 25 heavy (non-hydrogen) atoms. The maximum Gasteiger partial charge on any atom is 0.270 e. The molecule has 2 aromatic rings. The number of aromatic nitrogens is 1. The number of nitrogens with zero attached hydrogens (tertiary/aromatic N) is 3. The highest BCUT2D eigenvalue weighted by Gasteiger charge is 2.16. The molecule has 1 N–H and O–H groups in total. The number of likely N-dealkylation sites (N-methyl/N-ethyl adjacent to an activating group) is 1. The Balaban J connectivity index is 1.56. The molecule has 0 spiro atoms. The molecule has 2 heterocycles. The summed E-state index contributed by atoms with van der Waals surface area (Å²) in [6.45, 7) is 10.0. The third-order valence-electron chi connectivity index (χ3n) is 4.87. The van der Waals surface area contributed by atoms with Crippen molar-refractivity contribution < 1.29 is 4.79 Å². The van der Waals surface area contributed by atoms with E-state index in [1.165, 1.54) is 5.56 Å². The Bertz CT molecular complexity index is 706. The minimum atomic E-state index is -0.134. The molecule has 0 bridgehead atoms. The van der Waals surface area contributed by atoms with Crippen LogP contribution in [0.5, 0.6) is 0 Å². The Labute approximate surface area is 149 Å². The standard InChI is InChI=1S/C20H26N4O/c1-3-23-10-12-24(13-11-23)18-8-9-19(21-15-18)20(25)22-14-17-7-5-4-6-16(17)2/h4-9,15H,3,10-14H2,1-2H3,(H,22,25). The summed E-state index contributed by atoms with van der Waals surface area (Å²) in [5.74, 6) is -0.134. The highest BCUT2D eigenvalue weighted by molar-refractivity contribution is 5.92. The van der Waals surface area contributed by atoms with E-state index in [0.29, 0.717) is 12.2 Å². The lowest BCUT2D eigenvalue weighted by molar-refractivity contribution is 0.0946. The number of piperazine rings is 1. The van der Waals surface area contributed by atoms with Crippen LogP contribution in [-0.2, 0) is 6.54 Å². The van der Waals surface area contributed by atoms with Gasteiger partial charge < -0.3 is 15.1 Å². The lowest BCUT2D eigenvalue weighted by Gasteiger charge is -2.35. The normalized spacial score (nSPS) is 15.2. The molecule has 1 aliphatic rings. The Morgan fingerprint density at radius 2 is 1.88 bits per heavy atom. The van der Waals surface area contributed by atoms with Crippen molar-refractivity contribution in [3.05, 3.63) is 59.4 Å². The summed E-state index contributed by atoms with van der Waals surface area (Å²) in [5.41, 5.74) is 3.86. The number of hydrogen-bond donors (Lipinski definition) is 1. The van der Waals surface area contributed by atoms with Gasteiger partial charge >= 0.3 is 0 Å². The minimum Gasteiger partial charge on any atom is -0.368 e. The molecule has 132 valence electrons. The van der Waals surface area contributed by atoms with Crippen molar-refractivity contribution in [2.24, 2.45) is 0 Å². The lowest BCUT2D eigenvalue weighted by atomic mass is 10.1. The van der Waals surface area contributed by atoms with Crippen LogP contribution in [0.15, 0.2) is 42.6 Å². The van der Waals surface area contributed by atoms with Gasteiger partial charge in [0, 0.05) is 32.7 Å². The van der Waals surface area contributed by atoms with Gasteiger partial charge in [-0.05, 0) is 36.7 Å². The Morgan fingerprint density at radius 3 is 2.52 bits per heavy atom. The lowest BCUT2D eigenvalue weighted by Crippen LogP contribution is -2.46. The van der Waals surface area contributed by atoms with E-state index in [0.717, 1.165) is 44.0 Å². The van der Waals surface area contributed by atoms with Gasteiger partial charge in [-0.3, -0.25) is 4.79 Å². The van der Waals surface area contributed by atoms with Gasteiger partial charge in [0.1, 0.15) is 5.69 Å². The molecule has 0 radical (unpaired) electrons. The summed E-state index contributed by atoms with van der Waals surface area (Å²) in [7, 11) is 0. The van der Waals surface area contributed by atoms with Crippen LogP contribution < -0.4 is 10.2 Å². The maximum atomic E-state index is 12.3. The Kier molecular flexibility index (Phi) is 5.66. The monoisotopic (exact) mass is 338 g/mol. The molecule has 1 aromatic carbocycles. The van der Waals surface area contributed by atoms with Crippen molar-refractivity contribution in [1.82, 2.24) is 15.2 Å². The van der Waals surface area contributed by atoms with Crippen LogP contribution in [0.2, 0.25) is 0 Å².